The Morgan fingerprint density at radius 1 is 0.925 bits per heavy atom. The van der Waals surface area contributed by atoms with Crippen LogP contribution in [0.15, 0.2) is 47.8 Å². The number of fused-ring (bicyclic) bond motifs is 7. The number of benzene rings is 2. The number of rotatable bonds is 9. The van der Waals surface area contributed by atoms with E-state index in [4.69, 9.17) is 5.73 Å². The summed E-state index contributed by atoms with van der Waals surface area (Å²) in [7, 11) is 0. The summed E-state index contributed by atoms with van der Waals surface area (Å²) in [6.45, 7) is 7.74. The van der Waals surface area contributed by atoms with E-state index in [9.17, 15) is 18.4 Å². The average molecular weight is 565 g/mol. The number of nitriles is 1. The number of nitrogens with two attached hydrogens (primary N) is 1. The highest BCUT2D eigenvalue weighted by Gasteiger charge is 2.40. The second kappa shape index (κ2) is 11.0. The van der Waals surface area contributed by atoms with Gasteiger partial charge in [-0.25, -0.2) is 0 Å². The molecular weight excluding hydrogens is 533 g/mol. The lowest BCUT2D eigenvalue weighted by Gasteiger charge is -2.17. The largest absolute Gasteiger partial charge is 0.573 e. The molecule has 0 fully saturated rings. The van der Waals surface area contributed by atoms with Crippen molar-refractivity contribution in [3.8, 4) is 32.7 Å². The minimum atomic E-state index is -4.82. The van der Waals surface area contributed by atoms with E-state index < -0.39 is 6.36 Å². The standard InChI is InChI=1S/C31H31F3N4OS/c1-4-7-17-8-10-19-21(14-17)25(23(12-13-35)37-5-2)27-28-26(24(16-36)38-6-3)22-15-18(39-31(32,33)34)9-11-20(22)30(28)40-29(19)27/h8-11,14-15,37-38H,4-7,12-13,35H2,1-3H3/b25-23+,26-24-. The lowest BCUT2D eigenvalue weighted by Crippen LogP contribution is -2.18. The van der Waals surface area contributed by atoms with Crippen molar-refractivity contribution in [1.29, 1.82) is 5.26 Å². The number of ether oxygens (including phenoxy) is 1. The second-order valence-electron chi connectivity index (χ2n) is 9.71. The summed E-state index contributed by atoms with van der Waals surface area (Å²) in [5, 5.41) is 16.9. The number of thiophene rings is 1. The van der Waals surface area contributed by atoms with Gasteiger partial charge in [0.15, 0.2) is 0 Å². The Morgan fingerprint density at radius 3 is 2.17 bits per heavy atom. The first-order valence-electron chi connectivity index (χ1n) is 13.5. The minimum Gasteiger partial charge on any atom is -0.406 e. The van der Waals surface area contributed by atoms with Gasteiger partial charge in [-0.1, -0.05) is 31.5 Å². The monoisotopic (exact) mass is 564 g/mol. The molecule has 0 aliphatic heterocycles. The van der Waals surface area contributed by atoms with Crippen molar-refractivity contribution in [2.24, 2.45) is 5.73 Å². The Hall–Kier alpha value is -3.74. The van der Waals surface area contributed by atoms with Crippen LogP contribution in [0.25, 0.3) is 32.0 Å². The van der Waals surface area contributed by atoms with Crippen LogP contribution in [0.5, 0.6) is 5.75 Å². The summed E-state index contributed by atoms with van der Waals surface area (Å²) < 4.78 is 43.6. The summed E-state index contributed by atoms with van der Waals surface area (Å²) in [6.07, 6.45) is -2.20. The summed E-state index contributed by atoms with van der Waals surface area (Å²) >= 11 is 1.61. The highest BCUT2D eigenvalue weighted by molar-refractivity contribution is 7.20. The first-order chi connectivity index (χ1) is 19.3. The molecule has 2 aromatic carbocycles. The van der Waals surface area contributed by atoms with Gasteiger partial charge in [-0.2, -0.15) is 5.26 Å². The van der Waals surface area contributed by atoms with E-state index in [1.54, 1.807) is 17.4 Å². The number of allylic oxidation sites excluding steroid dienone is 1. The van der Waals surface area contributed by atoms with Crippen molar-refractivity contribution < 1.29 is 17.9 Å². The van der Waals surface area contributed by atoms with Crippen molar-refractivity contribution in [3.63, 3.8) is 0 Å². The first kappa shape index (κ1) is 27.8. The number of halogens is 3. The minimum absolute atomic E-state index is 0.316. The van der Waals surface area contributed by atoms with Crippen LogP contribution in [0.3, 0.4) is 0 Å². The summed E-state index contributed by atoms with van der Waals surface area (Å²) in [5.41, 5.74) is 15.8. The molecule has 0 amide bonds. The molecule has 1 aromatic heterocycles. The van der Waals surface area contributed by atoms with Gasteiger partial charge in [-0.05, 0) is 61.7 Å². The van der Waals surface area contributed by atoms with Gasteiger partial charge in [-0.15, -0.1) is 24.5 Å². The maximum Gasteiger partial charge on any atom is 0.573 e. The van der Waals surface area contributed by atoms with E-state index in [-0.39, 0.29) is 5.75 Å². The number of hydrogen-bond acceptors (Lipinski definition) is 6. The third kappa shape index (κ3) is 4.76. The van der Waals surface area contributed by atoms with E-state index >= 15 is 0 Å². The van der Waals surface area contributed by atoms with Gasteiger partial charge >= 0.3 is 6.36 Å². The molecule has 0 saturated carbocycles. The zero-order chi connectivity index (χ0) is 28.6. The van der Waals surface area contributed by atoms with Gasteiger partial charge in [0, 0.05) is 68.4 Å². The van der Waals surface area contributed by atoms with Crippen LogP contribution < -0.4 is 21.1 Å². The molecule has 0 bridgehead atoms. The predicted octanol–water partition coefficient (Wildman–Crippen LogP) is 7.17. The number of alkyl halides is 3. The molecule has 0 spiro atoms. The molecule has 0 atom stereocenters. The van der Waals surface area contributed by atoms with Gasteiger partial charge in [0.2, 0.25) is 0 Å². The molecule has 0 saturated heterocycles. The molecule has 5 nitrogen and oxygen atoms in total. The number of nitrogens with one attached hydrogen (secondary N) is 2. The Morgan fingerprint density at radius 2 is 1.57 bits per heavy atom. The smallest absolute Gasteiger partial charge is 0.406 e. The normalized spacial score (nSPS) is 15.6. The van der Waals surface area contributed by atoms with Crippen LogP contribution in [0, 0.1) is 11.3 Å². The van der Waals surface area contributed by atoms with Crippen molar-refractivity contribution >= 4 is 22.5 Å². The fourth-order valence-corrected chi connectivity index (χ4v) is 7.11. The molecule has 3 aromatic rings. The molecule has 0 unspecified atom stereocenters. The van der Waals surface area contributed by atoms with Crippen LogP contribution in [0.2, 0.25) is 0 Å². The predicted molar refractivity (Wildman–Crippen MR) is 155 cm³/mol. The molecule has 5 rings (SSSR count). The van der Waals surface area contributed by atoms with E-state index in [1.165, 1.54) is 17.7 Å². The summed E-state index contributed by atoms with van der Waals surface area (Å²) in [5.74, 6) is -0.316. The van der Waals surface area contributed by atoms with Crippen molar-refractivity contribution in [3.05, 3.63) is 75.6 Å². The highest BCUT2D eigenvalue weighted by atomic mass is 32.1. The van der Waals surface area contributed by atoms with E-state index in [0.29, 0.717) is 42.9 Å². The van der Waals surface area contributed by atoms with Crippen molar-refractivity contribution in [1.82, 2.24) is 10.6 Å². The van der Waals surface area contributed by atoms with Crippen LogP contribution in [-0.4, -0.2) is 26.0 Å². The van der Waals surface area contributed by atoms with Gasteiger partial charge in [0.1, 0.15) is 17.5 Å². The molecular formula is C31H31F3N4OS. The molecule has 40 heavy (non-hydrogen) atoms. The molecule has 0 radical (unpaired) electrons. The maximum atomic E-state index is 13.1. The van der Waals surface area contributed by atoms with Crippen LogP contribution in [0.1, 0.15) is 61.4 Å². The van der Waals surface area contributed by atoms with Gasteiger partial charge in [0.05, 0.1) is 0 Å². The zero-order valence-corrected chi connectivity index (χ0v) is 23.5. The zero-order valence-electron chi connectivity index (χ0n) is 22.7. The number of hydrogen-bond donors (Lipinski definition) is 3. The van der Waals surface area contributed by atoms with Gasteiger partial charge in [-0.3, -0.25) is 0 Å². The second-order valence-corrected chi connectivity index (χ2v) is 10.7. The van der Waals surface area contributed by atoms with Gasteiger partial charge < -0.3 is 21.1 Å². The SMILES string of the molecule is CCCc1ccc2c(c1)/C(=C(/CCN)NCC)c1c-2sc2c1/C(=C(/C#N)NCC)c1cc(OC(F)(F)F)ccc1-2. The average Bonchev–Trinajstić information content (AvgIpc) is 3.52. The Bertz CT molecular complexity index is 1570. The number of nitrogens with zero attached hydrogens (tertiary/aromatic N) is 1. The maximum absolute atomic E-state index is 13.1. The first-order valence-corrected chi connectivity index (χ1v) is 14.3. The highest BCUT2D eigenvalue weighted by Crippen LogP contribution is 2.61. The Labute approximate surface area is 236 Å². The molecule has 9 heteroatoms. The lowest BCUT2D eigenvalue weighted by atomic mass is 9.92. The third-order valence-electron chi connectivity index (χ3n) is 7.09. The van der Waals surface area contributed by atoms with E-state index in [2.05, 4.69) is 46.6 Å². The van der Waals surface area contributed by atoms with Gasteiger partial charge in [0.25, 0.3) is 0 Å². The Balaban J connectivity index is 1.84. The fraction of sp³-hybridized carbons (Fsp3) is 0.323. The quantitative estimate of drug-likeness (QED) is 0.165. The molecule has 4 N–H and O–H groups in total. The summed E-state index contributed by atoms with van der Waals surface area (Å²) in [4.78, 5) is 2.03. The molecule has 1 heterocycles. The van der Waals surface area contributed by atoms with Crippen LogP contribution in [-0.2, 0) is 6.42 Å². The topological polar surface area (TPSA) is 83.1 Å². The van der Waals surface area contributed by atoms with Crippen LogP contribution in [0.4, 0.5) is 13.2 Å². The van der Waals surface area contributed by atoms with Crippen molar-refractivity contribution in [2.75, 3.05) is 19.6 Å². The third-order valence-corrected chi connectivity index (χ3v) is 8.34. The lowest BCUT2D eigenvalue weighted by molar-refractivity contribution is -0.274. The van der Waals surface area contributed by atoms with E-state index in [0.717, 1.165) is 61.7 Å². The molecule has 2 aliphatic carbocycles. The number of aryl methyl sites for hydroxylation is 1. The fourth-order valence-electron chi connectivity index (χ4n) is 5.72. The van der Waals surface area contributed by atoms with Crippen LogP contribution >= 0.6 is 11.3 Å². The molecule has 2 aliphatic rings. The van der Waals surface area contributed by atoms with E-state index in [1.807, 2.05) is 13.8 Å². The Kier molecular flexibility index (Phi) is 7.67. The molecule has 208 valence electrons. The van der Waals surface area contributed by atoms with Crippen molar-refractivity contribution in [2.45, 2.75) is 46.4 Å². The summed E-state index contributed by atoms with van der Waals surface area (Å²) in [6, 6.07) is 13.2.